The third-order valence-corrected chi connectivity index (χ3v) is 4.47. The SMILES string of the molecule is C#CCNc1nc(Nc2cccc(CN3CCCC3)c2)ncc1Br. The number of rotatable bonds is 6. The Balaban J connectivity index is 1.70. The maximum absolute atomic E-state index is 5.28. The number of likely N-dealkylation sites (tertiary alicyclic amines) is 1. The zero-order valence-electron chi connectivity index (χ0n) is 13.4. The average molecular weight is 386 g/mol. The second kappa shape index (κ2) is 8.13. The highest BCUT2D eigenvalue weighted by molar-refractivity contribution is 9.10. The largest absolute Gasteiger partial charge is 0.358 e. The van der Waals surface area contributed by atoms with E-state index in [1.165, 1.54) is 31.5 Å². The average Bonchev–Trinajstić information content (AvgIpc) is 3.09. The summed E-state index contributed by atoms with van der Waals surface area (Å²) < 4.78 is 0.783. The van der Waals surface area contributed by atoms with Gasteiger partial charge < -0.3 is 10.6 Å². The van der Waals surface area contributed by atoms with Crippen molar-refractivity contribution in [3.05, 3.63) is 40.5 Å². The molecule has 1 saturated heterocycles. The summed E-state index contributed by atoms with van der Waals surface area (Å²) >= 11 is 3.42. The molecule has 2 heterocycles. The molecule has 0 saturated carbocycles. The molecule has 1 aromatic heterocycles. The fourth-order valence-corrected chi connectivity index (χ4v) is 3.09. The van der Waals surface area contributed by atoms with E-state index in [1.54, 1.807) is 6.20 Å². The summed E-state index contributed by atoms with van der Waals surface area (Å²) in [7, 11) is 0. The zero-order valence-corrected chi connectivity index (χ0v) is 15.0. The van der Waals surface area contributed by atoms with Crippen molar-refractivity contribution in [3.8, 4) is 12.3 Å². The summed E-state index contributed by atoms with van der Waals surface area (Å²) in [5.74, 6) is 3.75. The minimum atomic E-state index is 0.417. The highest BCUT2D eigenvalue weighted by atomic mass is 79.9. The van der Waals surface area contributed by atoms with Gasteiger partial charge >= 0.3 is 0 Å². The van der Waals surface area contributed by atoms with Crippen molar-refractivity contribution < 1.29 is 0 Å². The minimum Gasteiger partial charge on any atom is -0.358 e. The molecule has 1 aromatic carbocycles. The van der Waals surface area contributed by atoms with Gasteiger partial charge in [-0.25, -0.2) is 4.98 Å². The standard InChI is InChI=1S/C18H20BrN5/c1-2-8-20-17-16(19)12-21-18(23-17)22-15-7-5-6-14(11-15)13-24-9-3-4-10-24/h1,5-7,11-12H,3-4,8-10,13H2,(H2,20,21,22,23). The Morgan fingerprint density at radius 2 is 2.12 bits per heavy atom. The van der Waals surface area contributed by atoms with Crippen LogP contribution in [-0.4, -0.2) is 34.5 Å². The number of hydrogen-bond donors (Lipinski definition) is 2. The lowest BCUT2D eigenvalue weighted by molar-refractivity contribution is 0.331. The molecule has 0 bridgehead atoms. The van der Waals surface area contributed by atoms with E-state index in [1.807, 2.05) is 6.07 Å². The van der Waals surface area contributed by atoms with Crippen LogP contribution in [0.2, 0.25) is 0 Å². The molecule has 1 fully saturated rings. The van der Waals surface area contributed by atoms with E-state index in [2.05, 4.69) is 65.6 Å². The fraction of sp³-hybridized carbons (Fsp3) is 0.333. The molecule has 124 valence electrons. The van der Waals surface area contributed by atoms with Crippen LogP contribution in [0.3, 0.4) is 0 Å². The molecule has 3 rings (SSSR count). The van der Waals surface area contributed by atoms with Crippen molar-refractivity contribution in [1.29, 1.82) is 0 Å². The Labute approximate surface area is 151 Å². The lowest BCUT2D eigenvalue weighted by atomic mass is 10.2. The first-order valence-corrected chi connectivity index (χ1v) is 8.82. The van der Waals surface area contributed by atoms with Crippen molar-refractivity contribution in [2.75, 3.05) is 30.3 Å². The number of anilines is 3. The summed E-state index contributed by atoms with van der Waals surface area (Å²) in [6, 6.07) is 8.39. The second-order valence-electron chi connectivity index (χ2n) is 5.76. The van der Waals surface area contributed by atoms with E-state index in [0.29, 0.717) is 18.3 Å². The Hall–Kier alpha value is -2.10. The number of terminal acetylenes is 1. The Morgan fingerprint density at radius 1 is 1.29 bits per heavy atom. The van der Waals surface area contributed by atoms with Crippen LogP contribution in [0.4, 0.5) is 17.5 Å². The molecule has 2 N–H and O–H groups in total. The third kappa shape index (κ3) is 4.47. The third-order valence-electron chi connectivity index (χ3n) is 3.89. The van der Waals surface area contributed by atoms with E-state index >= 15 is 0 Å². The van der Waals surface area contributed by atoms with Crippen molar-refractivity contribution in [2.24, 2.45) is 0 Å². The van der Waals surface area contributed by atoms with Crippen molar-refractivity contribution in [2.45, 2.75) is 19.4 Å². The molecular weight excluding hydrogens is 366 g/mol. The maximum Gasteiger partial charge on any atom is 0.229 e. The molecule has 0 radical (unpaired) electrons. The lowest BCUT2D eigenvalue weighted by Crippen LogP contribution is -2.18. The maximum atomic E-state index is 5.28. The van der Waals surface area contributed by atoms with Gasteiger partial charge in [0.25, 0.3) is 0 Å². The number of hydrogen-bond acceptors (Lipinski definition) is 5. The van der Waals surface area contributed by atoms with Gasteiger partial charge in [0, 0.05) is 18.4 Å². The topological polar surface area (TPSA) is 53.1 Å². The van der Waals surface area contributed by atoms with Gasteiger partial charge in [0.15, 0.2) is 0 Å². The summed E-state index contributed by atoms with van der Waals surface area (Å²) in [5.41, 5.74) is 2.28. The normalized spacial score (nSPS) is 14.3. The predicted molar refractivity (Wildman–Crippen MR) is 101 cm³/mol. The Morgan fingerprint density at radius 3 is 2.92 bits per heavy atom. The Kier molecular flexibility index (Phi) is 5.68. The number of benzene rings is 1. The first kappa shape index (κ1) is 16.7. The van der Waals surface area contributed by atoms with Gasteiger partial charge in [-0.05, 0) is 59.6 Å². The number of nitrogens with zero attached hydrogens (tertiary/aromatic N) is 3. The highest BCUT2D eigenvalue weighted by Crippen LogP contribution is 2.22. The molecule has 5 nitrogen and oxygen atoms in total. The van der Waals surface area contributed by atoms with E-state index in [0.717, 1.165) is 16.7 Å². The fourth-order valence-electron chi connectivity index (χ4n) is 2.76. The van der Waals surface area contributed by atoms with Gasteiger partial charge in [-0.15, -0.1) is 6.42 Å². The van der Waals surface area contributed by atoms with Crippen LogP contribution >= 0.6 is 15.9 Å². The molecule has 2 aromatic rings. The molecule has 6 heteroatoms. The summed E-state index contributed by atoms with van der Waals surface area (Å²) in [5, 5.41) is 6.33. The number of halogens is 1. The minimum absolute atomic E-state index is 0.417. The summed E-state index contributed by atoms with van der Waals surface area (Å²) in [6.07, 6.45) is 9.60. The highest BCUT2D eigenvalue weighted by Gasteiger charge is 2.12. The molecule has 1 aliphatic rings. The van der Waals surface area contributed by atoms with Crippen LogP contribution in [-0.2, 0) is 6.54 Å². The van der Waals surface area contributed by atoms with E-state index in [-0.39, 0.29) is 0 Å². The van der Waals surface area contributed by atoms with E-state index < -0.39 is 0 Å². The second-order valence-corrected chi connectivity index (χ2v) is 6.61. The molecule has 0 amide bonds. The van der Waals surface area contributed by atoms with Crippen LogP contribution in [0.5, 0.6) is 0 Å². The van der Waals surface area contributed by atoms with Gasteiger partial charge in [0.2, 0.25) is 5.95 Å². The summed E-state index contributed by atoms with van der Waals surface area (Å²) in [6.45, 7) is 3.79. The predicted octanol–water partition coefficient (Wildman–Crippen LogP) is 3.62. The van der Waals surface area contributed by atoms with E-state index in [4.69, 9.17) is 6.42 Å². The van der Waals surface area contributed by atoms with Crippen molar-refractivity contribution >= 4 is 33.4 Å². The smallest absolute Gasteiger partial charge is 0.229 e. The van der Waals surface area contributed by atoms with Crippen LogP contribution in [0.1, 0.15) is 18.4 Å². The molecular formula is C18H20BrN5. The molecule has 0 unspecified atom stereocenters. The quantitative estimate of drug-likeness (QED) is 0.743. The molecule has 24 heavy (non-hydrogen) atoms. The summed E-state index contributed by atoms with van der Waals surface area (Å²) in [4.78, 5) is 11.2. The zero-order chi connectivity index (χ0) is 16.8. The number of nitrogens with one attached hydrogen (secondary N) is 2. The van der Waals surface area contributed by atoms with Crippen LogP contribution in [0, 0.1) is 12.3 Å². The van der Waals surface area contributed by atoms with Crippen LogP contribution in [0.15, 0.2) is 34.9 Å². The first-order valence-electron chi connectivity index (χ1n) is 8.03. The van der Waals surface area contributed by atoms with E-state index in [9.17, 15) is 0 Å². The van der Waals surface area contributed by atoms with Crippen LogP contribution in [0.25, 0.3) is 0 Å². The first-order chi connectivity index (χ1) is 11.7. The molecule has 0 spiro atoms. The van der Waals surface area contributed by atoms with Crippen molar-refractivity contribution in [3.63, 3.8) is 0 Å². The van der Waals surface area contributed by atoms with Gasteiger partial charge in [0.05, 0.1) is 11.0 Å². The van der Waals surface area contributed by atoms with Gasteiger partial charge in [-0.2, -0.15) is 4.98 Å². The van der Waals surface area contributed by atoms with Crippen molar-refractivity contribution in [1.82, 2.24) is 14.9 Å². The molecule has 0 atom stereocenters. The number of aromatic nitrogens is 2. The Bertz CT molecular complexity index is 734. The van der Waals surface area contributed by atoms with Gasteiger partial charge in [-0.3, -0.25) is 4.90 Å². The van der Waals surface area contributed by atoms with Gasteiger partial charge in [-0.1, -0.05) is 18.1 Å². The monoisotopic (exact) mass is 385 g/mol. The molecule has 1 aliphatic heterocycles. The van der Waals surface area contributed by atoms with Gasteiger partial charge in [0.1, 0.15) is 5.82 Å². The van der Waals surface area contributed by atoms with Crippen LogP contribution < -0.4 is 10.6 Å². The molecule has 0 aliphatic carbocycles. The lowest BCUT2D eigenvalue weighted by Gasteiger charge is -2.15.